The van der Waals surface area contributed by atoms with Crippen LogP contribution in [-0.4, -0.2) is 36.7 Å². The summed E-state index contributed by atoms with van der Waals surface area (Å²) < 4.78 is 11.3. The van der Waals surface area contributed by atoms with E-state index in [9.17, 15) is 9.59 Å². The Morgan fingerprint density at radius 2 is 2.08 bits per heavy atom. The number of amides is 1. The minimum Gasteiger partial charge on any atom is -0.466 e. The quantitative estimate of drug-likeness (QED) is 0.631. The molecule has 1 amide bonds. The lowest BCUT2D eigenvalue weighted by Gasteiger charge is -2.22. The van der Waals surface area contributed by atoms with Crippen LogP contribution < -0.4 is 4.90 Å². The van der Waals surface area contributed by atoms with Crippen molar-refractivity contribution in [3.8, 4) is 0 Å². The smallest absolute Gasteiger partial charge is 0.312 e. The van der Waals surface area contributed by atoms with E-state index >= 15 is 0 Å². The Kier molecular flexibility index (Phi) is 3.25. The Labute approximate surface area is 151 Å². The number of benzene rings is 2. The lowest BCUT2D eigenvalue weighted by molar-refractivity contribution is -0.151. The first-order chi connectivity index (χ1) is 12.6. The molecule has 0 aliphatic carbocycles. The summed E-state index contributed by atoms with van der Waals surface area (Å²) in [6.45, 7) is 2.50. The van der Waals surface area contributed by atoms with E-state index in [0.29, 0.717) is 13.2 Å². The van der Waals surface area contributed by atoms with Crippen LogP contribution in [0.2, 0.25) is 0 Å². The lowest BCUT2D eigenvalue weighted by Crippen LogP contribution is -2.40. The highest BCUT2D eigenvalue weighted by molar-refractivity contribution is 6.08. The van der Waals surface area contributed by atoms with Gasteiger partial charge in [0.1, 0.15) is 11.5 Å². The van der Waals surface area contributed by atoms with Crippen LogP contribution in [0.25, 0.3) is 10.8 Å². The van der Waals surface area contributed by atoms with Gasteiger partial charge in [-0.1, -0.05) is 48.6 Å². The molecule has 5 nitrogen and oxygen atoms in total. The Bertz CT molecular complexity index is 947. The number of anilines is 1. The first kappa shape index (κ1) is 15.6. The molecule has 4 unspecified atom stereocenters. The van der Waals surface area contributed by atoms with Gasteiger partial charge >= 0.3 is 5.97 Å². The van der Waals surface area contributed by atoms with Crippen molar-refractivity contribution in [2.45, 2.75) is 18.6 Å². The number of carbonyl (C=O) groups excluding carboxylic acids is 2. The molecule has 5 heteroatoms. The molecule has 0 radical (unpaired) electrons. The number of nitrogens with zero attached hydrogens (tertiary/aromatic N) is 1. The Hall–Kier alpha value is -2.66. The number of carbonyl (C=O) groups is 2. The van der Waals surface area contributed by atoms with Gasteiger partial charge in [0.15, 0.2) is 0 Å². The minimum atomic E-state index is -0.726. The third-order valence-electron chi connectivity index (χ3n) is 5.72. The van der Waals surface area contributed by atoms with Crippen LogP contribution in [0.5, 0.6) is 0 Å². The van der Waals surface area contributed by atoms with Gasteiger partial charge in [-0.25, -0.2) is 0 Å². The first-order valence-electron chi connectivity index (χ1n) is 8.97. The zero-order valence-electron chi connectivity index (χ0n) is 14.4. The molecule has 3 aliphatic heterocycles. The second kappa shape index (κ2) is 5.42. The summed E-state index contributed by atoms with van der Waals surface area (Å²) >= 11 is 0. The predicted octanol–water partition coefficient (Wildman–Crippen LogP) is 2.69. The van der Waals surface area contributed by atoms with Crippen molar-refractivity contribution in [1.82, 2.24) is 0 Å². The molecule has 0 saturated carbocycles. The van der Waals surface area contributed by atoms with Gasteiger partial charge in [-0.3, -0.25) is 9.59 Å². The van der Waals surface area contributed by atoms with Crippen molar-refractivity contribution in [3.05, 3.63) is 54.6 Å². The van der Waals surface area contributed by atoms with E-state index in [4.69, 9.17) is 9.47 Å². The van der Waals surface area contributed by atoms with Crippen LogP contribution in [0.4, 0.5) is 5.69 Å². The average molecular weight is 349 g/mol. The maximum Gasteiger partial charge on any atom is 0.312 e. The summed E-state index contributed by atoms with van der Waals surface area (Å²) in [5, 5.41) is 2.10. The van der Waals surface area contributed by atoms with Crippen LogP contribution in [0.1, 0.15) is 6.92 Å². The topological polar surface area (TPSA) is 55.8 Å². The molecule has 26 heavy (non-hydrogen) atoms. The van der Waals surface area contributed by atoms with Crippen molar-refractivity contribution in [2.75, 3.05) is 18.1 Å². The average Bonchev–Trinajstić information content (AvgIpc) is 3.30. The second-order valence-corrected chi connectivity index (χ2v) is 7.07. The number of ether oxygens (including phenoxy) is 2. The number of hydrogen-bond acceptors (Lipinski definition) is 4. The minimum absolute atomic E-state index is 0.0637. The molecular formula is C21H19NO4. The standard InChI is InChI=1S/C21H19NO4/c1-2-25-20(24)17-16-10-11-21(26-16)12-22(19(23)18(17)21)15-9-5-7-13-6-3-4-8-14(13)15/h3-11,16-18H,2,12H2,1H3. The molecule has 3 aliphatic rings. The number of esters is 1. The summed E-state index contributed by atoms with van der Waals surface area (Å²) in [7, 11) is 0. The van der Waals surface area contributed by atoms with Gasteiger partial charge in [0.2, 0.25) is 5.91 Å². The fraction of sp³-hybridized carbons (Fsp3) is 0.333. The van der Waals surface area contributed by atoms with Gasteiger partial charge in [0, 0.05) is 5.39 Å². The third kappa shape index (κ3) is 1.95. The zero-order valence-corrected chi connectivity index (χ0v) is 14.4. The van der Waals surface area contributed by atoms with E-state index in [1.165, 1.54) is 0 Å². The van der Waals surface area contributed by atoms with E-state index in [2.05, 4.69) is 0 Å². The Balaban J connectivity index is 1.58. The number of fused-ring (bicyclic) bond motifs is 2. The van der Waals surface area contributed by atoms with Crippen LogP contribution in [0, 0.1) is 11.8 Å². The monoisotopic (exact) mass is 349 g/mol. The molecule has 1 spiro atoms. The van der Waals surface area contributed by atoms with Crippen LogP contribution in [0.15, 0.2) is 54.6 Å². The fourth-order valence-corrected chi connectivity index (χ4v) is 4.65. The summed E-state index contributed by atoms with van der Waals surface area (Å²) in [6.07, 6.45) is 3.50. The van der Waals surface area contributed by atoms with Crippen molar-refractivity contribution >= 4 is 28.3 Å². The molecule has 2 aromatic carbocycles. The highest BCUT2D eigenvalue weighted by Crippen LogP contribution is 2.53. The van der Waals surface area contributed by atoms with Gasteiger partial charge in [-0.2, -0.15) is 0 Å². The summed E-state index contributed by atoms with van der Waals surface area (Å²) in [5.41, 5.74) is 0.135. The van der Waals surface area contributed by atoms with Crippen molar-refractivity contribution < 1.29 is 19.1 Å². The highest BCUT2D eigenvalue weighted by Gasteiger charge is 2.67. The second-order valence-electron chi connectivity index (χ2n) is 7.07. The first-order valence-corrected chi connectivity index (χ1v) is 8.97. The maximum absolute atomic E-state index is 13.3. The molecule has 2 saturated heterocycles. The molecule has 2 fully saturated rings. The van der Waals surface area contributed by atoms with E-state index < -0.39 is 17.4 Å². The molecule has 5 rings (SSSR count). The van der Waals surface area contributed by atoms with Crippen molar-refractivity contribution in [1.29, 1.82) is 0 Å². The molecule has 4 atom stereocenters. The molecule has 2 aromatic rings. The lowest BCUT2D eigenvalue weighted by atomic mass is 9.77. The fourth-order valence-electron chi connectivity index (χ4n) is 4.65. The van der Waals surface area contributed by atoms with Crippen LogP contribution in [0.3, 0.4) is 0 Å². The normalized spacial score (nSPS) is 31.7. The highest BCUT2D eigenvalue weighted by atomic mass is 16.6. The molecule has 0 aromatic heterocycles. The van der Waals surface area contributed by atoms with Crippen molar-refractivity contribution in [2.24, 2.45) is 11.8 Å². The molecule has 3 heterocycles. The molecule has 0 N–H and O–H groups in total. The summed E-state index contributed by atoms with van der Waals surface area (Å²) in [5.74, 6) is -1.49. The number of rotatable bonds is 3. The van der Waals surface area contributed by atoms with Gasteiger partial charge in [-0.05, 0) is 18.4 Å². The van der Waals surface area contributed by atoms with Gasteiger partial charge in [-0.15, -0.1) is 0 Å². The maximum atomic E-state index is 13.3. The molecule has 2 bridgehead atoms. The largest absolute Gasteiger partial charge is 0.466 e. The Morgan fingerprint density at radius 3 is 2.92 bits per heavy atom. The van der Waals surface area contributed by atoms with E-state index in [-0.39, 0.29) is 18.0 Å². The van der Waals surface area contributed by atoms with E-state index in [1.54, 1.807) is 11.8 Å². The molecule has 132 valence electrons. The van der Waals surface area contributed by atoms with Gasteiger partial charge in [0.05, 0.1) is 30.9 Å². The summed E-state index contributed by atoms with van der Waals surface area (Å²) in [4.78, 5) is 27.6. The van der Waals surface area contributed by atoms with Crippen LogP contribution >= 0.6 is 0 Å². The van der Waals surface area contributed by atoms with Crippen LogP contribution in [-0.2, 0) is 19.1 Å². The van der Waals surface area contributed by atoms with Gasteiger partial charge in [0.25, 0.3) is 0 Å². The zero-order chi connectivity index (χ0) is 17.9. The third-order valence-corrected chi connectivity index (χ3v) is 5.72. The molecular weight excluding hydrogens is 330 g/mol. The van der Waals surface area contributed by atoms with E-state index in [1.807, 2.05) is 54.6 Å². The number of hydrogen-bond donors (Lipinski definition) is 0. The van der Waals surface area contributed by atoms with E-state index in [0.717, 1.165) is 16.5 Å². The van der Waals surface area contributed by atoms with Gasteiger partial charge < -0.3 is 14.4 Å². The SMILES string of the molecule is CCOC(=O)C1C2C=CC3(CN(c4cccc5ccccc45)C(=O)C13)O2. The predicted molar refractivity (Wildman–Crippen MR) is 96.7 cm³/mol. The summed E-state index contributed by atoms with van der Waals surface area (Å²) in [6, 6.07) is 13.9. The van der Waals surface area contributed by atoms with Crippen molar-refractivity contribution in [3.63, 3.8) is 0 Å². The Morgan fingerprint density at radius 1 is 1.27 bits per heavy atom.